The fraction of sp³-hybridized carbons (Fsp3) is 0.500. The lowest BCUT2D eigenvalue weighted by Crippen LogP contribution is -2.06. The summed E-state index contributed by atoms with van der Waals surface area (Å²) in [4.78, 5) is 4.03. The van der Waals surface area contributed by atoms with Gasteiger partial charge >= 0.3 is 0 Å². The van der Waals surface area contributed by atoms with Crippen molar-refractivity contribution in [2.45, 2.75) is 6.92 Å². The van der Waals surface area contributed by atoms with Crippen LogP contribution in [0.1, 0.15) is 6.92 Å². The van der Waals surface area contributed by atoms with E-state index in [2.05, 4.69) is 10.3 Å². The largest absolute Gasteiger partial charge is 0.489 e. The third-order valence-electron chi connectivity index (χ3n) is 1.70. The second kappa shape index (κ2) is 6.21. The molecule has 0 saturated carbocycles. The molecule has 0 radical (unpaired) electrons. The Balaban J connectivity index is 2.34. The molecule has 1 aromatic heterocycles. The van der Waals surface area contributed by atoms with Gasteiger partial charge in [-0.15, -0.1) is 0 Å². The molecule has 0 bridgehead atoms. The molecular weight excluding hydrogens is 180 g/mol. The minimum Gasteiger partial charge on any atom is -0.489 e. The summed E-state index contributed by atoms with van der Waals surface area (Å²) in [7, 11) is 1.85. The van der Waals surface area contributed by atoms with Gasteiger partial charge in [-0.05, 0) is 6.92 Å². The van der Waals surface area contributed by atoms with Gasteiger partial charge in [-0.3, -0.25) is 4.98 Å². The summed E-state index contributed by atoms with van der Waals surface area (Å²) < 4.78 is 10.6. The Bertz CT molecular complexity index is 266. The van der Waals surface area contributed by atoms with Gasteiger partial charge in [-0.25, -0.2) is 0 Å². The molecule has 1 heterocycles. The van der Waals surface area contributed by atoms with Gasteiger partial charge in [0.15, 0.2) is 0 Å². The highest BCUT2D eigenvalue weighted by Gasteiger charge is 1.95. The average Bonchev–Trinajstić information content (AvgIpc) is 2.25. The molecule has 4 nitrogen and oxygen atoms in total. The van der Waals surface area contributed by atoms with Gasteiger partial charge in [0, 0.05) is 19.7 Å². The van der Waals surface area contributed by atoms with Crippen LogP contribution in [-0.2, 0) is 4.74 Å². The van der Waals surface area contributed by atoms with E-state index in [1.54, 1.807) is 12.4 Å². The predicted molar refractivity (Wildman–Crippen MR) is 55.8 cm³/mol. The fourth-order valence-electron chi connectivity index (χ4n) is 0.997. The van der Waals surface area contributed by atoms with Gasteiger partial charge in [0.25, 0.3) is 0 Å². The van der Waals surface area contributed by atoms with Crippen molar-refractivity contribution < 1.29 is 9.47 Å². The SMILES string of the molecule is CCOCCOc1cncc(NC)c1. The Kier molecular flexibility index (Phi) is 4.78. The lowest BCUT2D eigenvalue weighted by atomic mass is 10.4. The summed E-state index contributed by atoms with van der Waals surface area (Å²) in [5, 5.41) is 3.00. The number of anilines is 1. The highest BCUT2D eigenvalue weighted by Crippen LogP contribution is 2.14. The quantitative estimate of drug-likeness (QED) is 0.701. The molecule has 0 fully saturated rings. The first-order chi connectivity index (χ1) is 6.86. The van der Waals surface area contributed by atoms with Crippen molar-refractivity contribution in [3.8, 4) is 5.75 Å². The van der Waals surface area contributed by atoms with Crippen LogP contribution in [-0.4, -0.2) is 31.9 Å². The first-order valence-corrected chi connectivity index (χ1v) is 4.70. The van der Waals surface area contributed by atoms with Gasteiger partial charge in [-0.1, -0.05) is 0 Å². The zero-order chi connectivity index (χ0) is 10.2. The van der Waals surface area contributed by atoms with Gasteiger partial charge < -0.3 is 14.8 Å². The van der Waals surface area contributed by atoms with E-state index >= 15 is 0 Å². The molecule has 0 atom stereocenters. The lowest BCUT2D eigenvalue weighted by Gasteiger charge is -2.06. The van der Waals surface area contributed by atoms with Crippen molar-refractivity contribution in [1.82, 2.24) is 4.98 Å². The second-order valence-corrected chi connectivity index (χ2v) is 2.70. The minimum absolute atomic E-state index is 0.558. The molecule has 1 aromatic rings. The molecule has 14 heavy (non-hydrogen) atoms. The molecule has 4 heteroatoms. The Labute approximate surface area is 84.3 Å². The van der Waals surface area contributed by atoms with Crippen LogP contribution in [0.25, 0.3) is 0 Å². The zero-order valence-corrected chi connectivity index (χ0v) is 8.62. The smallest absolute Gasteiger partial charge is 0.139 e. The topological polar surface area (TPSA) is 43.4 Å². The number of nitrogens with zero attached hydrogens (tertiary/aromatic N) is 1. The van der Waals surface area contributed by atoms with Crippen LogP contribution < -0.4 is 10.1 Å². The van der Waals surface area contributed by atoms with Crippen LogP contribution >= 0.6 is 0 Å². The van der Waals surface area contributed by atoms with Crippen molar-refractivity contribution in [3.63, 3.8) is 0 Å². The summed E-state index contributed by atoms with van der Waals surface area (Å²) in [6.07, 6.45) is 3.43. The fourth-order valence-corrected chi connectivity index (χ4v) is 0.997. The molecule has 0 aromatic carbocycles. The highest BCUT2D eigenvalue weighted by atomic mass is 16.5. The number of hydrogen-bond donors (Lipinski definition) is 1. The summed E-state index contributed by atoms with van der Waals surface area (Å²) in [6, 6.07) is 1.90. The average molecular weight is 196 g/mol. The zero-order valence-electron chi connectivity index (χ0n) is 8.62. The van der Waals surface area contributed by atoms with Crippen LogP contribution in [0, 0.1) is 0 Å². The first-order valence-electron chi connectivity index (χ1n) is 4.70. The van der Waals surface area contributed by atoms with Crippen molar-refractivity contribution in [2.75, 3.05) is 32.2 Å². The molecule has 1 rings (SSSR count). The number of ether oxygens (including phenoxy) is 2. The van der Waals surface area contributed by atoms with Gasteiger partial charge in [0.05, 0.1) is 24.7 Å². The van der Waals surface area contributed by atoms with Gasteiger partial charge in [0.2, 0.25) is 0 Å². The molecule has 0 spiro atoms. The van der Waals surface area contributed by atoms with Gasteiger partial charge in [-0.2, -0.15) is 0 Å². The lowest BCUT2D eigenvalue weighted by molar-refractivity contribution is 0.110. The Morgan fingerprint density at radius 1 is 1.36 bits per heavy atom. The van der Waals surface area contributed by atoms with Crippen LogP contribution in [0.4, 0.5) is 5.69 Å². The van der Waals surface area contributed by atoms with E-state index in [0.29, 0.717) is 13.2 Å². The number of rotatable bonds is 6. The van der Waals surface area contributed by atoms with Crippen molar-refractivity contribution in [2.24, 2.45) is 0 Å². The summed E-state index contributed by atoms with van der Waals surface area (Å²) in [6.45, 7) is 3.85. The van der Waals surface area contributed by atoms with E-state index < -0.39 is 0 Å². The van der Waals surface area contributed by atoms with E-state index in [1.807, 2.05) is 20.0 Å². The number of nitrogens with one attached hydrogen (secondary N) is 1. The molecule has 0 aliphatic heterocycles. The van der Waals surface area contributed by atoms with Crippen LogP contribution in [0.15, 0.2) is 18.5 Å². The third-order valence-corrected chi connectivity index (χ3v) is 1.70. The molecule has 78 valence electrons. The Morgan fingerprint density at radius 2 is 2.21 bits per heavy atom. The molecule has 0 aliphatic rings. The standard InChI is InChI=1S/C10H16N2O2/c1-3-13-4-5-14-10-6-9(11-2)7-12-8-10/h6-8,11H,3-5H2,1-2H3. The normalized spacial score (nSPS) is 9.86. The minimum atomic E-state index is 0.558. The summed E-state index contributed by atoms with van der Waals surface area (Å²) in [5.41, 5.74) is 0.943. The Hall–Kier alpha value is -1.29. The van der Waals surface area contributed by atoms with Crippen molar-refractivity contribution in [3.05, 3.63) is 18.5 Å². The molecule has 0 unspecified atom stereocenters. The number of aromatic nitrogens is 1. The number of pyridine rings is 1. The highest BCUT2D eigenvalue weighted by molar-refractivity contribution is 5.44. The van der Waals surface area contributed by atoms with Crippen molar-refractivity contribution >= 4 is 5.69 Å². The maximum atomic E-state index is 5.42. The first kappa shape index (κ1) is 10.8. The Morgan fingerprint density at radius 3 is 2.93 bits per heavy atom. The molecule has 0 amide bonds. The summed E-state index contributed by atoms with van der Waals surface area (Å²) >= 11 is 0. The van der Waals surface area contributed by atoms with Crippen molar-refractivity contribution in [1.29, 1.82) is 0 Å². The maximum Gasteiger partial charge on any atom is 0.139 e. The monoisotopic (exact) mass is 196 g/mol. The van der Waals surface area contributed by atoms with E-state index in [-0.39, 0.29) is 0 Å². The number of hydrogen-bond acceptors (Lipinski definition) is 4. The predicted octanol–water partition coefficient (Wildman–Crippen LogP) is 1.54. The van der Waals surface area contributed by atoms with Crippen LogP contribution in [0.2, 0.25) is 0 Å². The molecule has 0 saturated heterocycles. The van der Waals surface area contributed by atoms with E-state index in [9.17, 15) is 0 Å². The van der Waals surface area contributed by atoms with Crippen LogP contribution in [0.3, 0.4) is 0 Å². The summed E-state index contributed by atoms with van der Waals surface area (Å²) in [5.74, 6) is 0.761. The van der Waals surface area contributed by atoms with E-state index in [4.69, 9.17) is 9.47 Å². The molecular formula is C10H16N2O2. The van der Waals surface area contributed by atoms with Crippen LogP contribution in [0.5, 0.6) is 5.75 Å². The van der Waals surface area contributed by atoms with E-state index in [1.165, 1.54) is 0 Å². The second-order valence-electron chi connectivity index (χ2n) is 2.70. The third kappa shape index (κ3) is 3.62. The molecule has 0 aliphatic carbocycles. The maximum absolute atomic E-state index is 5.42. The molecule has 1 N–H and O–H groups in total. The van der Waals surface area contributed by atoms with E-state index in [0.717, 1.165) is 18.0 Å². The van der Waals surface area contributed by atoms with Gasteiger partial charge in [0.1, 0.15) is 12.4 Å².